The number of aliphatic carboxylic acids is 1. The number of carboxylic acids is 1. The van der Waals surface area contributed by atoms with Gasteiger partial charge in [0.15, 0.2) is 0 Å². The highest BCUT2D eigenvalue weighted by molar-refractivity contribution is 6.00. The van der Waals surface area contributed by atoms with Gasteiger partial charge >= 0.3 is 5.97 Å². The van der Waals surface area contributed by atoms with Crippen LogP contribution < -0.4 is 10.6 Å². The minimum absolute atomic E-state index is 0.237. The van der Waals surface area contributed by atoms with Crippen molar-refractivity contribution < 1.29 is 19.5 Å². The summed E-state index contributed by atoms with van der Waals surface area (Å²) in [6.07, 6.45) is 0. The van der Waals surface area contributed by atoms with Crippen molar-refractivity contribution in [1.82, 2.24) is 10.6 Å². The van der Waals surface area contributed by atoms with E-state index in [0.717, 1.165) is 0 Å². The first-order chi connectivity index (χ1) is 9.36. The van der Waals surface area contributed by atoms with E-state index in [1.807, 2.05) is 0 Å². The molecule has 0 aliphatic rings. The van der Waals surface area contributed by atoms with Crippen LogP contribution in [0.4, 0.5) is 0 Å². The molecule has 0 fully saturated rings. The quantitative estimate of drug-likeness (QED) is 0.745. The van der Waals surface area contributed by atoms with Gasteiger partial charge in [0.2, 0.25) is 0 Å². The average molecular weight is 278 g/mol. The number of carboxylic acid groups (broad SMARTS) is 1. The van der Waals surface area contributed by atoms with Crippen LogP contribution in [0.25, 0.3) is 0 Å². The number of amides is 2. The maximum atomic E-state index is 12.0. The predicted octanol–water partition coefficient (Wildman–Crippen LogP) is 0.885. The van der Waals surface area contributed by atoms with Gasteiger partial charge in [-0.2, -0.15) is 0 Å². The third-order valence-electron chi connectivity index (χ3n) is 2.83. The lowest BCUT2D eigenvalue weighted by Gasteiger charge is -2.18. The van der Waals surface area contributed by atoms with Crippen molar-refractivity contribution in [3.8, 4) is 0 Å². The topological polar surface area (TPSA) is 95.5 Å². The molecule has 0 aliphatic heterocycles. The normalized spacial score (nSPS) is 11.8. The summed E-state index contributed by atoms with van der Waals surface area (Å²) in [5, 5.41) is 13.9. The van der Waals surface area contributed by atoms with Crippen LogP contribution in [0, 0.1) is 5.92 Å². The first-order valence-corrected chi connectivity index (χ1v) is 6.22. The molecule has 2 amide bonds. The number of nitrogens with one attached hydrogen (secondary N) is 2. The highest BCUT2D eigenvalue weighted by Gasteiger charge is 2.24. The summed E-state index contributed by atoms with van der Waals surface area (Å²) in [6, 6.07) is 5.14. The molecule has 6 nitrogen and oxygen atoms in total. The van der Waals surface area contributed by atoms with E-state index in [1.165, 1.54) is 19.2 Å². The molecule has 0 saturated carbocycles. The van der Waals surface area contributed by atoms with Gasteiger partial charge in [0, 0.05) is 18.2 Å². The molecule has 108 valence electrons. The Balaban J connectivity index is 2.92. The Labute approximate surface area is 117 Å². The lowest BCUT2D eigenvalue weighted by molar-refractivity contribution is -0.140. The molecule has 0 heterocycles. The fourth-order valence-corrected chi connectivity index (χ4v) is 1.68. The maximum absolute atomic E-state index is 12.0. The molecule has 6 heteroatoms. The predicted molar refractivity (Wildman–Crippen MR) is 73.6 cm³/mol. The summed E-state index contributed by atoms with van der Waals surface area (Å²) in [5.41, 5.74) is 0.592. The van der Waals surface area contributed by atoms with E-state index >= 15 is 0 Å². The molecule has 20 heavy (non-hydrogen) atoms. The van der Waals surface area contributed by atoms with Crippen LogP contribution in [0.5, 0.6) is 0 Å². The molecule has 0 aliphatic carbocycles. The van der Waals surface area contributed by atoms with Gasteiger partial charge in [-0.05, 0) is 24.1 Å². The van der Waals surface area contributed by atoms with E-state index in [1.54, 1.807) is 26.0 Å². The number of rotatable bonds is 5. The van der Waals surface area contributed by atoms with Gasteiger partial charge in [0.1, 0.15) is 6.04 Å². The van der Waals surface area contributed by atoms with E-state index in [0.29, 0.717) is 5.56 Å². The SMILES string of the molecule is CNC(=O)c1cccc(C(=O)NC(C(=O)O)C(C)C)c1. The molecule has 0 bridgehead atoms. The Kier molecular flexibility index (Phi) is 5.25. The van der Waals surface area contributed by atoms with Crippen LogP contribution in [0.3, 0.4) is 0 Å². The second kappa shape index (κ2) is 6.70. The third kappa shape index (κ3) is 3.81. The molecule has 1 rings (SSSR count). The van der Waals surface area contributed by atoms with Gasteiger partial charge < -0.3 is 15.7 Å². The number of carbonyl (C=O) groups is 3. The smallest absolute Gasteiger partial charge is 0.326 e. The summed E-state index contributed by atoms with van der Waals surface area (Å²) in [7, 11) is 1.49. The molecule has 0 radical (unpaired) electrons. The van der Waals surface area contributed by atoms with Crippen LogP contribution in [0.15, 0.2) is 24.3 Å². The Morgan fingerprint density at radius 2 is 1.65 bits per heavy atom. The van der Waals surface area contributed by atoms with E-state index in [4.69, 9.17) is 5.11 Å². The zero-order valence-electron chi connectivity index (χ0n) is 11.6. The van der Waals surface area contributed by atoms with E-state index in [-0.39, 0.29) is 17.4 Å². The Morgan fingerprint density at radius 1 is 1.10 bits per heavy atom. The zero-order valence-corrected chi connectivity index (χ0v) is 11.6. The van der Waals surface area contributed by atoms with Crippen molar-refractivity contribution in [3.05, 3.63) is 35.4 Å². The highest BCUT2D eigenvalue weighted by atomic mass is 16.4. The van der Waals surface area contributed by atoms with Crippen LogP contribution in [-0.4, -0.2) is 36.0 Å². The fraction of sp³-hybridized carbons (Fsp3) is 0.357. The van der Waals surface area contributed by atoms with E-state index in [2.05, 4.69) is 10.6 Å². The Hall–Kier alpha value is -2.37. The minimum atomic E-state index is -1.09. The Bertz CT molecular complexity index is 526. The monoisotopic (exact) mass is 278 g/mol. The lowest BCUT2D eigenvalue weighted by atomic mass is 10.0. The standard InChI is InChI=1S/C14H18N2O4/c1-8(2)11(14(19)20)16-13(18)10-6-4-5-9(7-10)12(17)15-3/h4-8,11H,1-3H3,(H,15,17)(H,16,18)(H,19,20). The van der Waals surface area contributed by atoms with E-state index < -0.39 is 17.9 Å². The van der Waals surface area contributed by atoms with E-state index in [9.17, 15) is 14.4 Å². The summed E-state index contributed by atoms with van der Waals surface area (Å²) in [5.74, 6) is -2.15. The maximum Gasteiger partial charge on any atom is 0.326 e. The zero-order chi connectivity index (χ0) is 15.3. The van der Waals surface area contributed by atoms with Crippen molar-refractivity contribution in [2.45, 2.75) is 19.9 Å². The van der Waals surface area contributed by atoms with Gasteiger partial charge in [0.05, 0.1) is 0 Å². The molecular weight excluding hydrogens is 260 g/mol. The first kappa shape index (κ1) is 15.7. The molecule has 1 atom stereocenters. The largest absolute Gasteiger partial charge is 0.480 e. The molecule has 3 N–H and O–H groups in total. The fourth-order valence-electron chi connectivity index (χ4n) is 1.68. The van der Waals surface area contributed by atoms with Crippen molar-refractivity contribution >= 4 is 17.8 Å². The molecule has 1 aromatic carbocycles. The molecule has 0 spiro atoms. The molecule has 0 saturated heterocycles. The van der Waals surface area contributed by atoms with Gasteiger partial charge in [-0.15, -0.1) is 0 Å². The van der Waals surface area contributed by atoms with Crippen LogP contribution >= 0.6 is 0 Å². The summed E-state index contributed by atoms with van der Waals surface area (Å²) >= 11 is 0. The number of carbonyl (C=O) groups excluding carboxylic acids is 2. The number of hydrogen-bond donors (Lipinski definition) is 3. The van der Waals surface area contributed by atoms with Gasteiger partial charge in [-0.3, -0.25) is 9.59 Å². The molecular formula is C14H18N2O4. The molecule has 0 aromatic heterocycles. The van der Waals surface area contributed by atoms with Crippen LogP contribution in [0.1, 0.15) is 34.6 Å². The Morgan fingerprint density at radius 3 is 2.10 bits per heavy atom. The van der Waals surface area contributed by atoms with Crippen molar-refractivity contribution in [2.24, 2.45) is 5.92 Å². The summed E-state index contributed by atoms with van der Waals surface area (Å²) in [6.45, 7) is 3.42. The minimum Gasteiger partial charge on any atom is -0.480 e. The first-order valence-electron chi connectivity index (χ1n) is 6.22. The lowest BCUT2D eigenvalue weighted by Crippen LogP contribution is -2.44. The van der Waals surface area contributed by atoms with Crippen molar-refractivity contribution in [1.29, 1.82) is 0 Å². The molecule has 1 aromatic rings. The third-order valence-corrected chi connectivity index (χ3v) is 2.83. The van der Waals surface area contributed by atoms with Crippen molar-refractivity contribution in [3.63, 3.8) is 0 Å². The number of benzene rings is 1. The van der Waals surface area contributed by atoms with Crippen LogP contribution in [0.2, 0.25) is 0 Å². The highest BCUT2D eigenvalue weighted by Crippen LogP contribution is 2.08. The second-order valence-corrected chi connectivity index (χ2v) is 4.69. The summed E-state index contributed by atoms with van der Waals surface area (Å²) < 4.78 is 0. The van der Waals surface area contributed by atoms with Gasteiger partial charge in [-0.1, -0.05) is 19.9 Å². The average Bonchev–Trinajstić information content (AvgIpc) is 2.42. The molecule has 1 unspecified atom stereocenters. The van der Waals surface area contributed by atoms with Gasteiger partial charge in [-0.25, -0.2) is 4.79 Å². The summed E-state index contributed by atoms with van der Waals surface area (Å²) in [4.78, 5) is 34.6. The van der Waals surface area contributed by atoms with Crippen molar-refractivity contribution in [2.75, 3.05) is 7.05 Å². The second-order valence-electron chi connectivity index (χ2n) is 4.69. The van der Waals surface area contributed by atoms with Gasteiger partial charge in [0.25, 0.3) is 11.8 Å². The van der Waals surface area contributed by atoms with Crippen LogP contribution in [-0.2, 0) is 4.79 Å². The number of hydrogen-bond acceptors (Lipinski definition) is 3.